The fraction of sp³-hybridized carbons (Fsp3) is 0.364. The lowest BCUT2D eigenvalue weighted by atomic mass is 10.1. The minimum absolute atomic E-state index is 0.127. The van der Waals surface area contributed by atoms with Crippen LogP contribution in [0.3, 0.4) is 0 Å². The zero-order valence-corrected chi connectivity index (χ0v) is 18.0. The minimum Gasteiger partial charge on any atom is -0.481 e. The first-order valence-electron chi connectivity index (χ1n) is 10.4. The summed E-state index contributed by atoms with van der Waals surface area (Å²) in [6.45, 7) is 2.28. The fourth-order valence-corrected chi connectivity index (χ4v) is 3.68. The van der Waals surface area contributed by atoms with Gasteiger partial charge in [-0.25, -0.2) is 0 Å². The Morgan fingerprint density at radius 2 is 2.00 bits per heavy atom. The molecule has 1 aliphatic heterocycles. The number of amides is 3. The lowest BCUT2D eigenvalue weighted by Crippen LogP contribution is -2.63. The molecule has 1 unspecified atom stereocenters. The fourth-order valence-electron chi connectivity index (χ4n) is 3.68. The number of aldehydes is 1. The number of carbonyl (C=O) groups is 5. The lowest BCUT2D eigenvalue weighted by Gasteiger charge is -2.37. The molecule has 2 heterocycles. The molecule has 2 aromatic rings. The van der Waals surface area contributed by atoms with E-state index in [-0.39, 0.29) is 18.8 Å². The van der Waals surface area contributed by atoms with Crippen LogP contribution in [0.1, 0.15) is 23.8 Å². The standard InChI is InChI=1S/C22H25N5O6/c1-13(25-21(32)19-16-5-3-2-4-14(16)6-7-24-19)22(33)27-9-8-23-11-17(27)20(31)26-15(12-28)10-18(29)30/h2-7,12-13,15,17,23H,8-11H2,1H3,(H,25,32)(H,26,31)(H,29,30)/t13-,15-,17?/m0/s1. The van der Waals surface area contributed by atoms with Gasteiger partial charge in [0.15, 0.2) is 0 Å². The molecule has 11 nitrogen and oxygen atoms in total. The number of piperazine rings is 1. The number of pyridine rings is 1. The zero-order valence-electron chi connectivity index (χ0n) is 18.0. The largest absolute Gasteiger partial charge is 0.481 e. The molecule has 0 saturated carbocycles. The van der Waals surface area contributed by atoms with Crippen LogP contribution in [0.4, 0.5) is 0 Å². The number of carboxylic acid groups (broad SMARTS) is 1. The topological polar surface area (TPSA) is 158 Å². The van der Waals surface area contributed by atoms with Crippen LogP contribution in [0.25, 0.3) is 10.8 Å². The third-order valence-corrected chi connectivity index (χ3v) is 5.32. The maximum Gasteiger partial charge on any atom is 0.305 e. The van der Waals surface area contributed by atoms with E-state index in [2.05, 4.69) is 20.9 Å². The molecule has 1 fully saturated rings. The van der Waals surface area contributed by atoms with Gasteiger partial charge in [0, 0.05) is 31.2 Å². The molecule has 0 bridgehead atoms. The molecule has 1 aromatic heterocycles. The van der Waals surface area contributed by atoms with E-state index in [0.29, 0.717) is 18.2 Å². The van der Waals surface area contributed by atoms with Gasteiger partial charge in [-0.1, -0.05) is 24.3 Å². The molecule has 1 aromatic carbocycles. The van der Waals surface area contributed by atoms with Gasteiger partial charge >= 0.3 is 5.97 Å². The van der Waals surface area contributed by atoms with Gasteiger partial charge < -0.3 is 30.8 Å². The number of nitrogens with one attached hydrogen (secondary N) is 3. The van der Waals surface area contributed by atoms with Gasteiger partial charge in [-0.05, 0) is 18.4 Å². The summed E-state index contributed by atoms with van der Waals surface area (Å²) in [4.78, 5) is 66.0. The van der Waals surface area contributed by atoms with Crippen molar-refractivity contribution < 1.29 is 29.1 Å². The molecule has 0 spiro atoms. The molecular weight excluding hydrogens is 430 g/mol. The van der Waals surface area contributed by atoms with Crippen molar-refractivity contribution in [1.82, 2.24) is 25.8 Å². The van der Waals surface area contributed by atoms with Crippen molar-refractivity contribution in [3.63, 3.8) is 0 Å². The number of fused-ring (bicyclic) bond motifs is 1. The van der Waals surface area contributed by atoms with E-state index in [4.69, 9.17) is 5.11 Å². The molecule has 174 valence electrons. The van der Waals surface area contributed by atoms with Crippen molar-refractivity contribution >= 4 is 40.7 Å². The van der Waals surface area contributed by atoms with E-state index in [1.165, 1.54) is 18.0 Å². The maximum atomic E-state index is 13.1. The summed E-state index contributed by atoms with van der Waals surface area (Å²) in [6.07, 6.45) is 1.29. The summed E-state index contributed by atoms with van der Waals surface area (Å²) in [5.41, 5.74) is 0.185. The summed E-state index contributed by atoms with van der Waals surface area (Å²) in [5.74, 6) is -2.89. The second kappa shape index (κ2) is 10.6. The Kier molecular flexibility index (Phi) is 7.67. The summed E-state index contributed by atoms with van der Waals surface area (Å²) < 4.78 is 0. The zero-order chi connectivity index (χ0) is 24.0. The predicted molar refractivity (Wildman–Crippen MR) is 117 cm³/mol. The van der Waals surface area contributed by atoms with Gasteiger partial charge in [-0.15, -0.1) is 0 Å². The Morgan fingerprint density at radius 1 is 1.24 bits per heavy atom. The monoisotopic (exact) mass is 455 g/mol. The average molecular weight is 455 g/mol. The van der Waals surface area contributed by atoms with Crippen molar-refractivity contribution in [2.75, 3.05) is 19.6 Å². The highest BCUT2D eigenvalue weighted by atomic mass is 16.4. The third kappa shape index (κ3) is 5.69. The lowest BCUT2D eigenvalue weighted by molar-refractivity contribution is -0.144. The highest BCUT2D eigenvalue weighted by Gasteiger charge is 2.35. The number of hydrogen-bond acceptors (Lipinski definition) is 7. The summed E-state index contributed by atoms with van der Waals surface area (Å²) in [6, 6.07) is 5.91. The van der Waals surface area contributed by atoms with Crippen LogP contribution in [-0.4, -0.2) is 82.7 Å². The highest BCUT2D eigenvalue weighted by molar-refractivity contribution is 6.06. The van der Waals surface area contributed by atoms with Crippen LogP contribution in [0.2, 0.25) is 0 Å². The molecular formula is C22H25N5O6. The molecule has 3 amide bonds. The first-order valence-corrected chi connectivity index (χ1v) is 10.4. The Balaban J connectivity index is 1.70. The number of carbonyl (C=O) groups excluding carboxylic acids is 4. The van der Waals surface area contributed by atoms with Gasteiger partial charge in [0.1, 0.15) is 24.1 Å². The van der Waals surface area contributed by atoms with Crippen LogP contribution >= 0.6 is 0 Å². The Morgan fingerprint density at radius 3 is 2.73 bits per heavy atom. The van der Waals surface area contributed by atoms with Gasteiger partial charge in [0.2, 0.25) is 11.8 Å². The van der Waals surface area contributed by atoms with E-state index in [1.54, 1.807) is 18.2 Å². The Labute approximate surface area is 189 Å². The number of nitrogens with zero attached hydrogens (tertiary/aromatic N) is 2. The molecule has 0 radical (unpaired) electrons. The summed E-state index contributed by atoms with van der Waals surface area (Å²) in [7, 11) is 0. The maximum absolute atomic E-state index is 13.1. The van der Waals surface area contributed by atoms with E-state index >= 15 is 0 Å². The first-order chi connectivity index (χ1) is 15.8. The van der Waals surface area contributed by atoms with Crippen LogP contribution in [0, 0.1) is 0 Å². The average Bonchev–Trinajstić information content (AvgIpc) is 2.82. The Bertz CT molecular complexity index is 1070. The second-order valence-electron chi connectivity index (χ2n) is 7.68. The van der Waals surface area contributed by atoms with Crippen molar-refractivity contribution in [3.8, 4) is 0 Å². The smallest absolute Gasteiger partial charge is 0.305 e. The SMILES string of the molecule is C[C@H](NC(=O)c1nccc2ccccc12)C(=O)N1CCNCC1C(=O)N[C@H](C=O)CC(=O)O. The summed E-state index contributed by atoms with van der Waals surface area (Å²) >= 11 is 0. The van der Waals surface area contributed by atoms with E-state index in [9.17, 15) is 24.0 Å². The molecule has 4 N–H and O–H groups in total. The summed E-state index contributed by atoms with van der Waals surface area (Å²) in [5, 5.41) is 18.4. The molecule has 11 heteroatoms. The third-order valence-electron chi connectivity index (χ3n) is 5.32. The normalized spacial score (nSPS) is 17.6. The predicted octanol–water partition coefficient (Wildman–Crippen LogP) is -0.688. The Hall–Kier alpha value is -3.86. The number of carboxylic acids is 1. The van der Waals surface area contributed by atoms with Crippen LogP contribution < -0.4 is 16.0 Å². The van der Waals surface area contributed by atoms with E-state index < -0.39 is 48.2 Å². The highest BCUT2D eigenvalue weighted by Crippen LogP contribution is 2.16. The van der Waals surface area contributed by atoms with Crippen LogP contribution in [0.5, 0.6) is 0 Å². The molecule has 1 saturated heterocycles. The van der Waals surface area contributed by atoms with Crippen molar-refractivity contribution in [3.05, 3.63) is 42.2 Å². The van der Waals surface area contributed by atoms with E-state index in [1.807, 2.05) is 12.1 Å². The minimum atomic E-state index is -1.24. The van der Waals surface area contributed by atoms with Gasteiger partial charge in [-0.3, -0.25) is 24.2 Å². The van der Waals surface area contributed by atoms with Gasteiger partial charge in [0.25, 0.3) is 5.91 Å². The number of hydrogen-bond donors (Lipinski definition) is 4. The van der Waals surface area contributed by atoms with Gasteiger partial charge in [0.05, 0.1) is 12.5 Å². The molecule has 1 aliphatic rings. The number of rotatable bonds is 8. The first kappa shape index (κ1) is 23.8. The second-order valence-corrected chi connectivity index (χ2v) is 7.68. The van der Waals surface area contributed by atoms with Crippen molar-refractivity contribution in [2.45, 2.75) is 31.5 Å². The molecule has 3 rings (SSSR count). The van der Waals surface area contributed by atoms with E-state index in [0.717, 1.165) is 5.39 Å². The number of aromatic nitrogens is 1. The molecule has 0 aliphatic carbocycles. The number of benzene rings is 1. The van der Waals surface area contributed by atoms with Crippen LogP contribution in [0.15, 0.2) is 36.5 Å². The van der Waals surface area contributed by atoms with Gasteiger partial charge in [-0.2, -0.15) is 0 Å². The molecule has 33 heavy (non-hydrogen) atoms. The van der Waals surface area contributed by atoms with Crippen molar-refractivity contribution in [2.24, 2.45) is 0 Å². The van der Waals surface area contributed by atoms with Crippen LogP contribution in [-0.2, 0) is 19.2 Å². The number of aliphatic carboxylic acids is 1. The quantitative estimate of drug-likeness (QED) is 0.381. The van der Waals surface area contributed by atoms with Crippen molar-refractivity contribution in [1.29, 1.82) is 0 Å². The molecule has 3 atom stereocenters.